The molecule has 1 N–H and O–H groups in total. The van der Waals surface area contributed by atoms with E-state index in [2.05, 4.69) is 15.0 Å². The Bertz CT molecular complexity index is 383. The van der Waals surface area contributed by atoms with Crippen molar-refractivity contribution in [3.63, 3.8) is 0 Å². The van der Waals surface area contributed by atoms with Crippen LogP contribution >= 0.6 is 69.6 Å². The van der Waals surface area contributed by atoms with Gasteiger partial charge in [0.15, 0.2) is 11.6 Å². The van der Waals surface area contributed by atoms with E-state index in [0.717, 1.165) is 0 Å². The molecule has 0 saturated heterocycles. The molecule has 1 rings (SSSR count). The van der Waals surface area contributed by atoms with Crippen molar-refractivity contribution in [2.24, 2.45) is 0 Å². The van der Waals surface area contributed by atoms with Gasteiger partial charge in [-0.25, -0.2) is 9.78 Å². The molecule has 0 aliphatic carbocycles. The molecule has 0 bridgehead atoms. The first kappa shape index (κ1) is 13.6. The summed E-state index contributed by atoms with van der Waals surface area (Å²) < 4.78 is -3.88. The van der Waals surface area contributed by atoms with Crippen LogP contribution in [0.1, 0.15) is 11.6 Å². The van der Waals surface area contributed by atoms with Crippen molar-refractivity contribution >= 4 is 69.6 Å². The quantitative estimate of drug-likeness (QED) is 0.744. The van der Waals surface area contributed by atoms with Crippen LogP contribution < -0.4 is 5.69 Å². The van der Waals surface area contributed by atoms with E-state index in [9.17, 15) is 4.79 Å². The Labute approximate surface area is 114 Å². The van der Waals surface area contributed by atoms with Gasteiger partial charge in [0.05, 0.1) is 0 Å². The van der Waals surface area contributed by atoms with Crippen LogP contribution in [0.25, 0.3) is 0 Å². The third-order valence-electron chi connectivity index (χ3n) is 1.17. The fourth-order valence-corrected chi connectivity index (χ4v) is 1.17. The Morgan fingerprint density at radius 1 is 0.933 bits per heavy atom. The van der Waals surface area contributed by atoms with E-state index < -0.39 is 13.3 Å². The average Bonchev–Trinajstić information content (AvgIpc) is 1.99. The molecule has 15 heavy (non-hydrogen) atoms. The minimum Gasteiger partial charge on any atom is -0.290 e. The van der Waals surface area contributed by atoms with Gasteiger partial charge in [-0.1, -0.05) is 69.6 Å². The Morgan fingerprint density at radius 2 is 1.47 bits per heavy atom. The lowest BCUT2D eigenvalue weighted by molar-refractivity contribution is 0.814. The molecule has 0 spiro atoms. The summed E-state index contributed by atoms with van der Waals surface area (Å²) in [5, 5.41) is 0. The predicted octanol–water partition coefficient (Wildman–Crippen LogP) is 2.82. The average molecular weight is 332 g/mol. The topological polar surface area (TPSA) is 58.6 Å². The third kappa shape index (κ3) is 3.80. The third-order valence-corrected chi connectivity index (χ3v) is 2.22. The molecule has 0 amide bonds. The van der Waals surface area contributed by atoms with E-state index in [0.29, 0.717) is 0 Å². The summed E-state index contributed by atoms with van der Waals surface area (Å²) in [6.45, 7) is 0. The number of nitrogens with zero attached hydrogens (tertiary/aromatic N) is 2. The zero-order chi connectivity index (χ0) is 11.9. The number of hydrogen-bond acceptors (Lipinski definition) is 3. The van der Waals surface area contributed by atoms with Gasteiger partial charge in [0.1, 0.15) is 0 Å². The summed E-state index contributed by atoms with van der Waals surface area (Å²) >= 11 is 32.9. The van der Waals surface area contributed by atoms with Crippen LogP contribution in [0.3, 0.4) is 0 Å². The number of aromatic amines is 1. The molecule has 84 valence electrons. The fourth-order valence-electron chi connectivity index (χ4n) is 0.645. The number of rotatable bonds is 0. The van der Waals surface area contributed by atoms with Gasteiger partial charge in [0, 0.05) is 0 Å². The van der Waals surface area contributed by atoms with Crippen molar-refractivity contribution < 1.29 is 0 Å². The van der Waals surface area contributed by atoms with Crippen molar-refractivity contribution in [3.8, 4) is 0 Å². The van der Waals surface area contributed by atoms with E-state index in [4.69, 9.17) is 69.6 Å². The molecule has 1 heterocycles. The van der Waals surface area contributed by atoms with Gasteiger partial charge < -0.3 is 0 Å². The van der Waals surface area contributed by atoms with E-state index in [-0.39, 0.29) is 11.6 Å². The summed E-state index contributed by atoms with van der Waals surface area (Å²) in [5.41, 5.74) is -0.826. The van der Waals surface area contributed by atoms with Gasteiger partial charge in [-0.3, -0.25) is 4.98 Å². The molecule has 0 aliphatic rings. The van der Waals surface area contributed by atoms with Crippen molar-refractivity contribution in [2.45, 2.75) is 7.59 Å². The summed E-state index contributed by atoms with van der Waals surface area (Å²) in [4.78, 5) is 20.1. The van der Waals surface area contributed by atoms with Crippen LogP contribution in [-0.2, 0) is 7.59 Å². The van der Waals surface area contributed by atoms with E-state index in [1.165, 1.54) is 0 Å². The highest BCUT2D eigenvalue weighted by Crippen LogP contribution is 2.38. The van der Waals surface area contributed by atoms with E-state index in [1.54, 1.807) is 0 Å². The predicted molar refractivity (Wildman–Crippen MR) is 61.1 cm³/mol. The van der Waals surface area contributed by atoms with Crippen LogP contribution in [0.15, 0.2) is 4.79 Å². The highest BCUT2D eigenvalue weighted by Gasteiger charge is 2.32. The molecular formula is C5HCl6N3O. The minimum atomic E-state index is -1.96. The molecule has 0 radical (unpaired) electrons. The summed E-state index contributed by atoms with van der Waals surface area (Å²) in [7, 11) is 0. The molecule has 1 aromatic heterocycles. The molecule has 10 heteroatoms. The Morgan fingerprint density at radius 3 is 1.87 bits per heavy atom. The van der Waals surface area contributed by atoms with Crippen LogP contribution in [0, 0.1) is 0 Å². The maximum Gasteiger partial charge on any atom is 0.348 e. The fraction of sp³-hybridized carbons (Fsp3) is 0.400. The van der Waals surface area contributed by atoms with Crippen molar-refractivity contribution in [1.82, 2.24) is 15.0 Å². The van der Waals surface area contributed by atoms with Crippen molar-refractivity contribution in [2.75, 3.05) is 0 Å². The first-order valence-corrected chi connectivity index (χ1v) is 5.50. The lowest BCUT2D eigenvalue weighted by Gasteiger charge is -2.13. The largest absolute Gasteiger partial charge is 0.348 e. The molecule has 4 nitrogen and oxygen atoms in total. The van der Waals surface area contributed by atoms with Gasteiger partial charge in [-0.15, -0.1) is 0 Å². The molecule has 0 aliphatic heterocycles. The van der Waals surface area contributed by atoms with Gasteiger partial charge in [0.2, 0.25) is 7.59 Å². The lowest BCUT2D eigenvalue weighted by atomic mass is 10.6. The molecule has 0 aromatic carbocycles. The Balaban J connectivity index is 3.36. The highest BCUT2D eigenvalue weighted by atomic mass is 35.6. The molecule has 0 unspecified atom stereocenters. The van der Waals surface area contributed by atoms with Crippen LogP contribution in [0.2, 0.25) is 0 Å². The number of H-pyrrole nitrogens is 1. The number of nitrogens with one attached hydrogen (secondary N) is 1. The molecular weight excluding hydrogens is 331 g/mol. The summed E-state index contributed by atoms with van der Waals surface area (Å²) in [5.74, 6) is -0.633. The van der Waals surface area contributed by atoms with Crippen LogP contribution in [-0.4, -0.2) is 15.0 Å². The van der Waals surface area contributed by atoms with Crippen LogP contribution in [0.4, 0.5) is 0 Å². The standard InChI is InChI=1S/C5HCl6N3O/c6-4(7,8)1-12-2(5(9,10)11)14-3(15)13-1/h(H,12,13,14,15). The number of hydrogen-bond donors (Lipinski definition) is 1. The van der Waals surface area contributed by atoms with Gasteiger partial charge in [0.25, 0.3) is 0 Å². The molecule has 0 fully saturated rings. The second-order valence-electron chi connectivity index (χ2n) is 2.32. The second kappa shape index (κ2) is 4.43. The second-order valence-corrected chi connectivity index (χ2v) is 6.88. The first-order valence-electron chi connectivity index (χ1n) is 3.23. The van der Waals surface area contributed by atoms with E-state index >= 15 is 0 Å². The van der Waals surface area contributed by atoms with Gasteiger partial charge in [-0.2, -0.15) is 4.98 Å². The maximum absolute atomic E-state index is 11.0. The van der Waals surface area contributed by atoms with Gasteiger partial charge >= 0.3 is 5.69 Å². The normalized spacial score (nSPS) is 12.9. The smallest absolute Gasteiger partial charge is 0.290 e. The zero-order valence-corrected chi connectivity index (χ0v) is 11.1. The molecule has 0 saturated carbocycles. The first-order chi connectivity index (χ1) is 6.60. The van der Waals surface area contributed by atoms with Crippen molar-refractivity contribution in [1.29, 1.82) is 0 Å². The monoisotopic (exact) mass is 329 g/mol. The van der Waals surface area contributed by atoms with Gasteiger partial charge in [-0.05, 0) is 0 Å². The molecule has 1 aromatic rings. The van der Waals surface area contributed by atoms with E-state index in [1.807, 2.05) is 0 Å². The van der Waals surface area contributed by atoms with Crippen LogP contribution in [0.5, 0.6) is 0 Å². The Hall–Kier alpha value is 0.550. The molecule has 0 atom stereocenters. The number of halogens is 6. The lowest BCUT2D eigenvalue weighted by Crippen LogP contribution is -2.25. The number of alkyl halides is 6. The highest BCUT2D eigenvalue weighted by molar-refractivity contribution is 6.67. The maximum atomic E-state index is 11.0. The number of aromatic nitrogens is 3. The SMILES string of the molecule is O=c1nc(C(Cl)(Cl)Cl)nc(C(Cl)(Cl)Cl)[nH]1. The Kier molecular flexibility index (Phi) is 4.02. The summed E-state index contributed by atoms with van der Waals surface area (Å²) in [6.07, 6.45) is 0. The summed E-state index contributed by atoms with van der Waals surface area (Å²) in [6, 6.07) is 0. The van der Waals surface area contributed by atoms with Crippen molar-refractivity contribution in [3.05, 3.63) is 22.1 Å². The zero-order valence-electron chi connectivity index (χ0n) is 6.57. The minimum absolute atomic E-state index is 0.270.